The van der Waals surface area contributed by atoms with Crippen molar-refractivity contribution in [2.45, 2.75) is 57.4 Å². The van der Waals surface area contributed by atoms with Crippen LogP contribution in [-0.4, -0.2) is 46.8 Å². The molecule has 1 saturated carbocycles. The van der Waals surface area contributed by atoms with Gasteiger partial charge in [-0.3, -0.25) is 9.69 Å². The third-order valence-corrected chi connectivity index (χ3v) is 3.56. The molecule has 0 aromatic carbocycles. The van der Waals surface area contributed by atoms with Crippen molar-refractivity contribution in [3.63, 3.8) is 0 Å². The second-order valence-corrected chi connectivity index (χ2v) is 4.90. The van der Waals surface area contributed by atoms with Gasteiger partial charge in [-0.05, 0) is 32.2 Å². The minimum atomic E-state index is -0.701. The van der Waals surface area contributed by atoms with Gasteiger partial charge in [0.2, 0.25) is 0 Å². The van der Waals surface area contributed by atoms with Gasteiger partial charge in [0, 0.05) is 19.0 Å². The van der Waals surface area contributed by atoms with E-state index in [2.05, 4.69) is 4.90 Å². The monoisotopic (exact) mass is 243 g/mol. The SMILES string of the molecule is O=C(O)CCCCCN(CCO)C1CCCC1. The van der Waals surface area contributed by atoms with Crippen LogP contribution in [0.1, 0.15) is 51.4 Å². The molecule has 1 aliphatic rings. The van der Waals surface area contributed by atoms with Gasteiger partial charge < -0.3 is 10.2 Å². The van der Waals surface area contributed by atoms with Gasteiger partial charge in [-0.25, -0.2) is 0 Å². The average Bonchev–Trinajstić information content (AvgIpc) is 2.80. The van der Waals surface area contributed by atoms with E-state index in [4.69, 9.17) is 10.2 Å². The number of hydrogen-bond acceptors (Lipinski definition) is 3. The molecule has 0 aromatic heterocycles. The molecule has 0 bridgehead atoms. The van der Waals surface area contributed by atoms with Crippen LogP contribution in [0.5, 0.6) is 0 Å². The van der Waals surface area contributed by atoms with E-state index < -0.39 is 5.97 Å². The maximum absolute atomic E-state index is 10.4. The zero-order valence-corrected chi connectivity index (χ0v) is 10.6. The van der Waals surface area contributed by atoms with Gasteiger partial charge in [0.05, 0.1) is 6.61 Å². The molecule has 2 N–H and O–H groups in total. The van der Waals surface area contributed by atoms with E-state index in [1.54, 1.807) is 0 Å². The predicted molar refractivity (Wildman–Crippen MR) is 67.0 cm³/mol. The van der Waals surface area contributed by atoms with Crippen LogP contribution in [0.2, 0.25) is 0 Å². The Bertz CT molecular complexity index is 215. The third kappa shape index (κ3) is 6.03. The number of nitrogens with zero attached hydrogens (tertiary/aromatic N) is 1. The molecule has 1 aliphatic carbocycles. The molecule has 0 spiro atoms. The van der Waals surface area contributed by atoms with Crippen LogP contribution in [0.3, 0.4) is 0 Å². The topological polar surface area (TPSA) is 60.8 Å². The van der Waals surface area contributed by atoms with E-state index in [-0.39, 0.29) is 13.0 Å². The Morgan fingerprint density at radius 1 is 1.12 bits per heavy atom. The lowest BCUT2D eigenvalue weighted by Gasteiger charge is -2.28. The summed E-state index contributed by atoms with van der Waals surface area (Å²) in [6.07, 6.45) is 8.21. The summed E-state index contributed by atoms with van der Waals surface area (Å²) in [5.74, 6) is -0.701. The maximum Gasteiger partial charge on any atom is 0.303 e. The van der Waals surface area contributed by atoms with Crippen LogP contribution in [0.4, 0.5) is 0 Å². The summed E-state index contributed by atoms with van der Waals surface area (Å²) in [5, 5.41) is 17.6. The fourth-order valence-corrected chi connectivity index (χ4v) is 2.64. The highest BCUT2D eigenvalue weighted by molar-refractivity contribution is 5.66. The van der Waals surface area contributed by atoms with Crippen molar-refractivity contribution in [1.29, 1.82) is 0 Å². The van der Waals surface area contributed by atoms with Crippen molar-refractivity contribution in [3.05, 3.63) is 0 Å². The first-order valence-electron chi connectivity index (χ1n) is 6.80. The van der Waals surface area contributed by atoms with Crippen molar-refractivity contribution in [2.24, 2.45) is 0 Å². The van der Waals surface area contributed by atoms with E-state index in [1.807, 2.05) is 0 Å². The van der Waals surface area contributed by atoms with Crippen LogP contribution < -0.4 is 0 Å². The van der Waals surface area contributed by atoms with Crippen molar-refractivity contribution in [1.82, 2.24) is 4.90 Å². The normalized spacial score (nSPS) is 16.8. The van der Waals surface area contributed by atoms with E-state index in [0.29, 0.717) is 6.04 Å². The largest absolute Gasteiger partial charge is 0.481 e. The van der Waals surface area contributed by atoms with Gasteiger partial charge in [-0.2, -0.15) is 0 Å². The summed E-state index contributed by atoms with van der Waals surface area (Å²) in [6.45, 7) is 2.00. The molecular formula is C13H25NO3. The predicted octanol–water partition coefficient (Wildman–Crippen LogP) is 1.87. The minimum absolute atomic E-state index is 0.228. The Hall–Kier alpha value is -0.610. The number of hydrogen-bond donors (Lipinski definition) is 2. The summed E-state index contributed by atoms with van der Waals surface area (Å²) in [4.78, 5) is 12.7. The second-order valence-electron chi connectivity index (χ2n) is 4.90. The summed E-state index contributed by atoms with van der Waals surface area (Å²) in [6, 6.07) is 0.654. The Balaban J connectivity index is 2.13. The van der Waals surface area contributed by atoms with E-state index in [0.717, 1.165) is 32.4 Å². The van der Waals surface area contributed by atoms with Gasteiger partial charge in [0.1, 0.15) is 0 Å². The number of aliphatic carboxylic acids is 1. The fraction of sp³-hybridized carbons (Fsp3) is 0.923. The van der Waals surface area contributed by atoms with Gasteiger partial charge >= 0.3 is 5.97 Å². The van der Waals surface area contributed by atoms with E-state index >= 15 is 0 Å². The van der Waals surface area contributed by atoms with Gasteiger partial charge in [0.25, 0.3) is 0 Å². The Kier molecular flexibility index (Phi) is 7.21. The van der Waals surface area contributed by atoms with Gasteiger partial charge in [-0.1, -0.05) is 19.3 Å². The first kappa shape index (κ1) is 14.5. The number of carboxylic acid groups (broad SMARTS) is 1. The van der Waals surface area contributed by atoms with Crippen LogP contribution in [-0.2, 0) is 4.79 Å². The molecule has 17 heavy (non-hydrogen) atoms. The Morgan fingerprint density at radius 3 is 2.41 bits per heavy atom. The molecule has 0 unspecified atom stereocenters. The second kappa shape index (κ2) is 8.48. The molecular weight excluding hydrogens is 218 g/mol. The number of aliphatic hydroxyl groups is 1. The van der Waals surface area contributed by atoms with Crippen molar-refractivity contribution in [2.75, 3.05) is 19.7 Å². The first-order valence-corrected chi connectivity index (χ1v) is 6.80. The highest BCUT2D eigenvalue weighted by Gasteiger charge is 2.21. The molecule has 4 nitrogen and oxygen atoms in total. The number of unbranched alkanes of at least 4 members (excludes halogenated alkanes) is 2. The molecule has 100 valence electrons. The average molecular weight is 243 g/mol. The van der Waals surface area contributed by atoms with Crippen LogP contribution >= 0.6 is 0 Å². The van der Waals surface area contributed by atoms with Crippen LogP contribution in [0.25, 0.3) is 0 Å². The summed E-state index contributed by atoms with van der Waals surface area (Å²) in [7, 11) is 0. The highest BCUT2D eigenvalue weighted by Crippen LogP contribution is 2.23. The maximum atomic E-state index is 10.4. The number of carboxylic acids is 1. The lowest BCUT2D eigenvalue weighted by Crippen LogP contribution is -2.36. The molecule has 0 saturated heterocycles. The van der Waals surface area contributed by atoms with Gasteiger partial charge in [0.15, 0.2) is 0 Å². The lowest BCUT2D eigenvalue weighted by molar-refractivity contribution is -0.137. The van der Waals surface area contributed by atoms with Crippen molar-refractivity contribution < 1.29 is 15.0 Å². The summed E-state index contributed by atoms with van der Waals surface area (Å²) >= 11 is 0. The molecule has 4 heteroatoms. The Morgan fingerprint density at radius 2 is 1.82 bits per heavy atom. The minimum Gasteiger partial charge on any atom is -0.481 e. The molecule has 0 aromatic rings. The quantitative estimate of drug-likeness (QED) is 0.607. The van der Waals surface area contributed by atoms with Gasteiger partial charge in [-0.15, -0.1) is 0 Å². The number of aliphatic hydroxyl groups excluding tert-OH is 1. The first-order chi connectivity index (χ1) is 8.24. The summed E-state index contributed by atoms with van der Waals surface area (Å²) < 4.78 is 0. The van der Waals surface area contributed by atoms with Crippen molar-refractivity contribution >= 4 is 5.97 Å². The Labute approximate surface area is 104 Å². The van der Waals surface area contributed by atoms with Crippen LogP contribution in [0.15, 0.2) is 0 Å². The lowest BCUT2D eigenvalue weighted by atomic mass is 10.1. The molecule has 0 atom stereocenters. The highest BCUT2D eigenvalue weighted by atomic mass is 16.4. The zero-order valence-electron chi connectivity index (χ0n) is 10.6. The number of rotatable bonds is 9. The summed E-state index contributed by atoms with van der Waals surface area (Å²) in [5.41, 5.74) is 0. The molecule has 0 heterocycles. The zero-order chi connectivity index (χ0) is 12.5. The smallest absolute Gasteiger partial charge is 0.303 e. The fourth-order valence-electron chi connectivity index (χ4n) is 2.64. The number of carbonyl (C=O) groups is 1. The van der Waals surface area contributed by atoms with Crippen molar-refractivity contribution in [3.8, 4) is 0 Å². The van der Waals surface area contributed by atoms with Crippen LogP contribution in [0, 0.1) is 0 Å². The molecule has 0 amide bonds. The van der Waals surface area contributed by atoms with E-state index in [9.17, 15) is 4.79 Å². The third-order valence-electron chi connectivity index (χ3n) is 3.56. The standard InChI is InChI=1S/C13H25NO3/c15-11-10-14(12-6-3-4-7-12)9-5-1-2-8-13(16)17/h12,15H,1-11H2,(H,16,17). The van der Waals surface area contributed by atoms with E-state index in [1.165, 1.54) is 25.7 Å². The molecule has 1 rings (SSSR count). The molecule has 1 fully saturated rings. The molecule has 0 radical (unpaired) electrons. The molecule has 0 aliphatic heterocycles.